The first kappa shape index (κ1) is 14.9. The summed E-state index contributed by atoms with van der Waals surface area (Å²) < 4.78 is 15.5. The molecule has 3 aliphatic heterocycles. The van der Waals surface area contributed by atoms with Crippen LogP contribution in [0.15, 0.2) is 0 Å². The van der Waals surface area contributed by atoms with Crippen LogP contribution < -0.4 is 0 Å². The molecule has 0 bridgehead atoms. The molecule has 4 fully saturated rings. The molecule has 2 N–H and O–H groups in total. The third-order valence-electron chi connectivity index (χ3n) is 6.22. The zero-order valence-corrected chi connectivity index (χ0v) is 13.0. The van der Waals surface area contributed by atoms with Crippen molar-refractivity contribution in [2.45, 2.75) is 57.7 Å². The maximum absolute atomic E-state index is 12.6. The lowest BCUT2D eigenvalue weighted by Crippen LogP contribution is -2.65. The van der Waals surface area contributed by atoms with E-state index in [1.54, 1.807) is 20.8 Å². The second-order valence-corrected chi connectivity index (χ2v) is 7.89. The van der Waals surface area contributed by atoms with Crippen molar-refractivity contribution < 1.29 is 38.8 Å². The van der Waals surface area contributed by atoms with Gasteiger partial charge >= 0.3 is 17.9 Å². The zero-order valence-electron chi connectivity index (χ0n) is 13.0. The van der Waals surface area contributed by atoms with Crippen LogP contribution in [0.1, 0.15) is 33.6 Å². The quantitative estimate of drug-likeness (QED) is 0.558. The summed E-state index contributed by atoms with van der Waals surface area (Å²) in [6.45, 7) is 5.19. The Morgan fingerprint density at radius 2 is 1.78 bits per heavy atom. The molecule has 1 saturated carbocycles. The van der Waals surface area contributed by atoms with Crippen LogP contribution in [0.2, 0.25) is 0 Å². The van der Waals surface area contributed by atoms with Crippen molar-refractivity contribution in [3.05, 3.63) is 0 Å². The molecule has 0 amide bonds. The predicted molar refractivity (Wildman–Crippen MR) is 70.4 cm³/mol. The van der Waals surface area contributed by atoms with Crippen LogP contribution in [0, 0.1) is 16.2 Å². The van der Waals surface area contributed by atoms with Crippen LogP contribution in [-0.4, -0.2) is 52.2 Å². The van der Waals surface area contributed by atoms with Crippen LogP contribution in [0.25, 0.3) is 0 Å². The SMILES string of the molecule is CC(C)(C)[C@]1(O)C[C@@H]2OC(=O)C[C@]23C(=O)O[C@@H]2OC(=O)[C@@H](O)[C@]231. The second-order valence-electron chi connectivity index (χ2n) is 7.89. The first-order valence-electron chi connectivity index (χ1n) is 7.54. The summed E-state index contributed by atoms with van der Waals surface area (Å²) in [5.41, 5.74) is -5.91. The summed E-state index contributed by atoms with van der Waals surface area (Å²) in [6, 6.07) is 0. The maximum atomic E-state index is 12.6. The fourth-order valence-corrected chi connectivity index (χ4v) is 5.15. The monoisotopic (exact) mass is 326 g/mol. The Bertz CT molecular complexity index is 650. The topological polar surface area (TPSA) is 119 Å². The highest BCUT2D eigenvalue weighted by molar-refractivity contribution is 5.94. The summed E-state index contributed by atoms with van der Waals surface area (Å²) in [5.74, 6) is -2.36. The van der Waals surface area contributed by atoms with Crippen molar-refractivity contribution in [1.82, 2.24) is 0 Å². The van der Waals surface area contributed by atoms with E-state index < -0.39 is 58.3 Å². The van der Waals surface area contributed by atoms with E-state index in [4.69, 9.17) is 14.2 Å². The summed E-state index contributed by atoms with van der Waals surface area (Å²) in [6.07, 6.45) is -4.58. The van der Waals surface area contributed by atoms with E-state index in [-0.39, 0.29) is 12.8 Å². The maximum Gasteiger partial charge on any atom is 0.339 e. The number of ether oxygens (including phenoxy) is 3. The third-order valence-corrected chi connectivity index (χ3v) is 6.22. The number of carbonyl (C=O) groups is 3. The van der Waals surface area contributed by atoms with Gasteiger partial charge in [-0.25, -0.2) is 4.79 Å². The van der Waals surface area contributed by atoms with Gasteiger partial charge in [-0.2, -0.15) is 0 Å². The Morgan fingerprint density at radius 1 is 1.13 bits per heavy atom. The average Bonchev–Trinajstić information content (AvgIpc) is 3.00. The first-order valence-corrected chi connectivity index (χ1v) is 7.54. The number of aliphatic hydroxyl groups is 2. The minimum Gasteiger partial charge on any atom is -0.461 e. The average molecular weight is 326 g/mol. The Hall–Kier alpha value is -1.67. The number of hydrogen-bond acceptors (Lipinski definition) is 8. The molecule has 1 aliphatic carbocycles. The molecule has 3 saturated heterocycles. The molecule has 8 nitrogen and oxygen atoms in total. The van der Waals surface area contributed by atoms with Gasteiger partial charge in [0.25, 0.3) is 6.29 Å². The summed E-state index contributed by atoms with van der Waals surface area (Å²) in [4.78, 5) is 36.5. The van der Waals surface area contributed by atoms with Gasteiger partial charge in [0.2, 0.25) is 0 Å². The van der Waals surface area contributed by atoms with Crippen LogP contribution in [0.4, 0.5) is 0 Å². The molecule has 0 radical (unpaired) electrons. The van der Waals surface area contributed by atoms with Crippen molar-refractivity contribution in [3.8, 4) is 0 Å². The molecular weight excluding hydrogens is 308 g/mol. The molecular formula is C15H18O8. The van der Waals surface area contributed by atoms with Crippen LogP contribution in [0.3, 0.4) is 0 Å². The van der Waals surface area contributed by atoms with E-state index in [0.717, 1.165) is 0 Å². The molecule has 0 aromatic carbocycles. The largest absolute Gasteiger partial charge is 0.461 e. The molecule has 0 unspecified atom stereocenters. The van der Waals surface area contributed by atoms with Crippen molar-refractivity contribution in [2.75, 3.05) is 0 Å². The molecule has 126 valence electrons. The Morgan fingerprint density at radius 3 is 2.39 bits per heavy atom. The van der Waals surface area contributed by atoms with Gasteiger partial charge in [0.05, 0.1) is 12.0 Å². The summed E-state index contributed by atoms with van der Waals surface area (Å²) >= 11 is 0. The van der Waals surface area contributed by atoms with Gasteiger partial charge in [0, 0.05) is 6.42 Å². The van der Waals surface area contributed by atoms with E-state index in [1.807, 2.05) is 0 Å². The summed E-state index contributed by atoms with van der Waals surface area (Å²) in [7, 11) is 0. The standard InChI is InChI=1S/C15H18O8/c1-12(2,3)14(20)4-6-13(5-7(16)21-6)10(19)23-11-15(13,14)8(17)9(18)22-11/h6,8,11,17,20H,4-5H2,1-3H3/t6-,8+,11-,13+,14+,15-/m0/s1. The fourth-order valence-electron chi connectivity index (χ4n) is 5.15. The predicted octanol–water partition coefficient (Wildman–Crippen LogP) is -0.744. The van der Waals surface area contributed by atoms with Crippen LogP contribution >= 0.6 is 0 Å². The minimum absolute atomic E-state index is 0.0679. The molecule has 23 heavy (non-hydrogen) atoms. The van der Waals surface area contributed by atoms with E-state index in [1.165, 1.54) is 0 Å². The molecule has 0 aromatic rings. The lowest BCUT2D eigenvalue weighted by Gasteiger charge is -2.49. The van der Waals surface area contributed by atoms with Gasteiger partial charge in [0.15, 0.2) is 6.10 Å². The first-order chi connectivity index (χ1) is 10.5. The Balaban J connectivity index is 2.05. The fraction of sp³-hybridized carbons (Fsp3) is 0.800. The van der Waals surface area contributed by atoms with Gasteiger partial charge in [-0.1, -0.05) is 20.8 Å². The number of hydrogen-bond donors (Lipinski definition) is 2. The lowest BCUT2D eigenvalue weighted by molar-refractivity contribution is -0.224. The molecule has 8 heteroatoms. The number of rotatable bonds is 0. The number of carbonyl (C=O) groups excluding carboxylic acids is 3. The van der Waals surface area contributed by atoms with Gasteiger partial charge in [-0.15, -0.1) is 0 Å². The van der Waals surface area contributed by atoms with Crippen molar-refractivity contribution >= 4 is 17.9 Å². The van der Waals surface area contributed by atoms with Gasteiger partial charge in [-0.3, -0.25) is 9.59 Å². The van der Waals surface area contributed by atoms with E-state index >= 15 is 0 Å². The van der Waals surface area contributed by atoms with Crippen LogP contribution in [-0.2, 0) is 28.6 Å². The lowest BCUT2D eigenvalue weighted by atomic mass is 9.52. The number of aliphatic hydroxyl groups excluding tert-OH is 1. The van der Waals surface area contributed by atoms with Crippen LogP contribution in [0.5, 0.6) is 0 Å². The molecule has 2 spiro atoms. The van der Waals surface area contributed by atoms with Gasteiger partial charge in [-0.05, 0) is 5.41 Å². The summed E-state index contributed by atoms with van der Waals surface area (Å²) in [5, 5.41) is 22.2. The van der Waals surface area contributed by atoms with Gasteiger partial charge < -0.3 is 24.4 Å². The molecule has 4 aliphatic rings. The van der Waals surface area contributed by atoms with Gasteiger partial charge in [0.1, 0.15) is 16.9 Å². The van der Waals surface area contributed by atoms with Crippen molar-refractivity contribution in [1.29, 1.82) is 0 Å². The Kier molecular flexibility index (Phi) is 2.39. The molecule has 4 rings (SSSR count). The smallest absolute Gasteiger partial charge is 0.339 e. The number of esters is 3. The molecule has 6 atom stereocenters. The highest BCUT2D eigenvalue weighted by Crippen LogP contribution is 2.75. The van der Waals surface area contributed by atoms with E-state index in [0.29, 0.717) is 0 Å². The Labute approximate surface area is 131 Å². The van der Waals surface area contributed by atoms with Crippen molar-refractivity contribution in [2.24, 2.45) is 16.2 Å². The second kappa shape index (κ2) is 3.70. The molecule has 0 aromatic heterocycles. The van der Waals surface area contributed by atoms with Crippen molar-refractivity contribution in [3.63, 3.8) is 0 Å². The van der Waals surface area contributed by atoms with E-state index in [2.05, 4.69) is 0 Å². The highest BCUT2D eigenvalue weighted by atomic mass is 16.7. The molecule has 3 heterocycles. The van der Waals surface area contributed by atoms with E-state index in [9.17, 15) is 24.6 Å². The third kappa shape index (κ3) is 1.20. The minimum atomic E-state index is -1.78. The normalized spacial score (nSPS) is 51.0. The highest BCUT2D eigenvalue weighted by Gasteiger charge is 2.92. The zero-order chi connectivity index (χ0) is 17.0.